The normalized spacial score (nSPS) is 10.8. The molecule has 0 unspecified atom stereocenters. The number of aryl methyl sites for hydroxylation is 1. The first-order valence-electron chi connectivity index (χ1n) is 10.4. The zero-order valence-corrected chi connectivity index (χ0v) is 19.2. The summed E-state index contributed by atoms with van der Waals surface area (Å²) < 4.78 is 15.3. The van der Waals surface area contributed by atoms with Crippen LogP contribution in [-0.4, -0.2) is 49.4 Å². The van der Waals surface area contributed by atoms with Gasteiger partial charge in [-0.15, -0.1) is 0 Å². The van der Waals surface area contributed by atoms with Crippen LogP contribution < -0.4 is 10.1 Å². The number of nitrogens with one attached hydrogen (secondary N) is 1. The van der Waals surface area contributed by atoms with Crippen molar-refractivity contribution in [3.05, 3.63) is 66.0 Å². The first kappa shape index (κ1) is 22.4. The third-order valence-corrected chi connectivity index (χ3v) is 5.75. The fraction of sp³-hybridized carbons (Fsp3) is 0.261. The SMILES string of the molecule is COc1ccccc1CCC(=O)Nc1cnn(CC(=O)N(C)Cc2ccc3nsnc3c2)c1. The van der Waals surface area contributed by atoms with Gasteiger partial charge in [-0.2, -0.15) is 13.8 Å². The van der Waals surface area contributed by atoms with Crippen LogP contribution in [0.5, 0.6) is 5.75 Å². The lowest BCUT2D eigenvalue weighted by Crippen LogP contribution is -2.29. The molecule has 0 aliphatic heterocycles. The van der Waals surface area contributed by atoms with Crippen LogP contribution in [-0.2, 0) is 29.1 Å². The zero-order valence-electron chi connectivity index (χ0n) is 18.4. The molecule has 33 heavy (non-hydrogen) atoms. The minimum atomic E-state index is -0.129. The van der Waals surface area contributed by atoms with Crippen molar-refractivity contribution in [3.63, 3.8) is 0 Å². The summed E-state index contributed by atoms with van der Waals surface area (Å²) >= 11 is 1.17. The van der Waals surface area contributed by atoms with E-state index in [9.17, 15) is 9.59 Å². The van der Waals surface area contributed by atoms with Crippen molar-refractivity contribution in [2.24, 2.45) is 0 Å². The lowest BCUT2D eigenvalue weighted by atomic mass is 10.1. The molecule has 0 spiro atoms. The van der Waals surface area contributed by atoms with Crippen LogP contribution in [0.3, 0.4) is 0 Å². The van der Waals surface area contributed by atoms with Crippen LogP contribution in [0.2, 0.25) is 0 Å². The number of fused-ring (bicyclic) bond motifs is 1. The average molecular weight is 465 g/mol. The van der Waals surface area contributed by atoms with E-state index in [1.54, 1.807) is 25.3 Å². The topological polar surface area (TPSA) is 102 Å². The van der Waals surface area contributed by atoms with Gasteiger partial charge in [0.25, 0.3) is 0 Å². The Morgan fingerprint density at radius 1 is 1.15 bits per heavy atom. The highest BCUT2D eigenvalue weighted by atomic mass is 32.1. The van der Waals surface area contributed by atoms with Crippen molar-refractivity contribution in [1.29, 1.82) is 0 Å². The molecule has 4 rings (SSSR count). The van der Waals surface area contributed by atoms with Crippen LogP contribution in [0, 0.1) is 0 Å². The van der Waals surface area contributed by atoms with Crippen LogP contribution in [0.25, 0.3) is 11.0 Å². The summed E-state index contributed by atoms with van der Waals surface area (Å²) in [6.07, 6.45) is 4.07. The predicted octanol–water partition coefficient (Wildman–Crippen LogP) is 3.13. The Morgan fingerprint density at radius 3 is 2.82 bits per heavy atom. The van der Waals surface area contributed by atoms with E-state index in [4.69, 9.17) is 4.74 Å². The second-order valence-corrected chi connectivity index (χ2v) is 8.15. The number of methoxy groups -OCH3 is 1. The zero-order chi connectivity index (χ0) is 23.2. The molecule has 0 aliphatic carbocycles. The molecular weight excluding hydrogens is 440 g/mol. The van der Waals surface area contributed by atoms with Crippen molar-refractivity contribution >= 4 is 40.3 Å². The molecule has 2 aromatic carbocycles. The summed E-state index contributed by atoms with van der Waals surface area (Å²) in [5.74, 6) is 0.545. The number of benzene rings is 2. The Morgan fingerprint density at radius 2 is 1.97 bits per heavy atom. The Hall–Kier alpha value is -3.79. The highest BCUT2D eigenvalue weighted by molar-refractivity contribution is 7.00. The highest BCUT2D eigenvalue weighted by Crippen LogP contribution is 2.19. The van der Waals surface area contributed by atoms with Crippen molar-refractivity contribution in [2.75, 3.05) is 19.5 Å². The molecule has 0 aliphatic rings. The molecule has 170 valence electrons. The van der Waals surface area contributed by atoms with E-state index in [0.29, 0.717) is 25.1 Å². The van der Waals surface area contributed by atoms with E-state index >= 15 is 0 Å². The molecule has 0 bridgehead atoms. The highest BCUT2D eigenvalue weighted by Gasteiger charge is 2.13. The monoisotopic (exact) mass is 464 g/mol. The molecule has 0 saturated heterocycles. The standard InChI is InChI=1S/C23H24N6O3S/c1-28(13-16-7-9-19-20(11-16)27-33-26-19)23(31)15-29-14-18(12-24-29)25-22(30)10-8-17-5-3-4-6-21(17)32-2/h3-7,9,11-12,14H,8,10,13,15H2,1-2H3,(H,25,30). The number of aromatic nitrogens is 4. The fourth-order valence-electron chi connectivity index (χ4n) is 3.44. The number of nitrogens with zero attached hydrogens (tertiary/aromatic N) is 5. The Kier molecular flexibility index (Phi) is 6.94. The molecule has 1 N–H and O–H groups in total. The largest absolute Gasteiger partial charge is 0.496 e. The van der Waals surface area contributed by atoms with Crippen LogP contribution in [0.15, 0.2) is 54.9 Å². The average Bonchev–Trinajstić information content (AvgIpc) is 3.46. The number of hydrogen-bond acceptors (Lipinski definition) is 7. The number of likely N-dealkylation sites (N-methyl/N-ethyl adjacent to an activating group) is 1. The van der Waals surface area contributed by atoms with Gasteiger partial charge in [0.15, 0.2) is 0 Å². The number of amides is 2. The molecule has 0 saturated carbocycles. The lowest BCUT2D eigenvalue weighted by molar-refractivity contribution is -0.131. The summed E-state index contributed by atoms with van der Waals surface area (Å²) in [6.45, 7) is 0.536. The molecule has 4 aromatic rings. The van der Waals surface area contributed by atoms with Crippen molar-refractivity contribution < 1.29 is 14.3 Å². The smallest absolute Gasteiger partial charge is 0.244 e. The minimum absolute atomic E-state index is 0.0775. The number of anilines is 1. The maximum atomic E-state index is 12.6. The molecule has 2 heterocycles. The van der Waals surface area contributed by atoms with Gasteiger partial charge in [-0.25, -0.2) is 0 Å². The Labute approximate surface area is 195 Å². The van der Waals surface area contributed by atoms with Crippen molar-refractivity contribution in [1.82, 2.24) is 23.4 Å². The quantitative estimate of drug-likeness (QED) is 0.408. The molecule has 0 fully saturated rings. The Bertz CT molecular complexity index is 1270. The summed E-state index contributed by atoms with van der Waals surface area (Å²) in [7, 11) is 3.36. The second-order valence-electron chi connectivity index (χ2n) is 7.62. The third-order valence-electron chi connectivity index (χ3n) is 5.19. The molecule has 2 aromatic heterocycles. The van der Waals surface area contributed by atoms with Gasteiger partial charge >= 0.3 is 0 Å². The van der Waals surface area contributed by atoms with Crippen LogP contribution >= 0.6 is 11.7 Å². The Balaban J connectivity index is 1.27. The molecule has 0 radical (unpaired) electrons. The first-order valence-corrected chi connectivity index (χ1v) is 11.1. The van der Waals surface area contributed by atoms with Gasteiger partial charge in [0.2, 0.25) is 11.8 Å². The summed E-state index contributed by atoms with van der Waals surface area (Å²) in [5, 5.41) is 7.02. The van der Waals surface area contributed by atoms with E-state index in [1.807, 2.05) is 42.5 Å². The number of hydrogen-bond donors (Lipinski definition) is 1. The molecule has 9 nitrogen and oxygen atoms in total. The van der Waals surface area contributed by atoms with E-state index in [1.165, 1.54) is 22.6 Å². The number of ether oxygens (including phenoxy) is 1. The van der Waals surface area contributed by atoms with Gasteiger partial charge in [0, 0.05) is 26.2 Å². The predicted molar refractivity (Wildman–Crippen MR) is 126 cm³/mol. The van der Waals surface area contributed by atoms with Gasteiger partial charge in [-0.3, -0.25) is 14.3 Å². The van der Waals surface area contributed by atoms with Crippen molar-refractivity contribution in [3.8, 4) is 5.75 Å². The molecular formula is C23H24N6O3S. The van der Waals surface area contributed by atoms with E-state index in [0.717, 1.165) is 27.9 Å². The third kappa shape index (κ3) is 5.72. The van der Waals surface area contributed by atoms with Gasteiger partial charge in [0.1, 0.15) is 23.3 Å². The summed E-state index contributed by atoms with van der Waals surface area (Å²) in [6, 6.07) is 13.4. The number of rotatable bonds is 9. The van der Waals surface area contributed by atoms with Crippen LogP contribution in [0.1, 0.15) is 17.5 Å². The molecule has 10 heteroatoms. The number of carbonyl (C=O) groups is 2. The molecule has 2 amide bonds. The van der Waals surface area contributed by atoms with Crippen molar-refractivity contribution in [2.45, 2.75) is 25.9 Å². The first-order chi connectivity index (χ1) is 16.0. The van der Waals surface area contributed by atoms with E-state index in [2.05, 4.69) is 19.2 Å². The summed E-state index contributed by atoms with van der Waals surface area (Å²) in [4.78, 5) is 26.6. The second kappa shape index (κ2) is 10.2. The van der Waals surface area contributed by atoms with E-state index in [-0.39, 0.29) is 18.4 Å². The van der Waals surface area contributed by atoms with Gasteiger partial charge < -0.3 is 15.0 Å². The van der Waals surface area contributed by atoms with Gasteiger partial charge in [-0.05, 0) is 35.7 Å². The maximum Gasteiger partial charge on any atom is 0.244 e. The maximum absolute atomic E-state index is 12.6. The number of para-hydroxylation sites is 1. The van der Waals surface area contributed by atoms with E-state index < -0.39 is 0 Å². The number of carbonyl (C=O) groups excluding carboxylic acids is 2. The summed E-state index contributed by atoms with van der Waals surface area (Å²) in [5.41, 5.74) is 4.19. The lowest BCUT2D eigenvalue weighted by Gasteiger charge is -2.17. The fourth-order valence-corrected chi connectivity index (χ4v) is 3.96. The van der Waals surface area contributed by atoms with Gasteiger partial charge in [0.05, 0.1) is 30.7 Å². The molecule has 0 atom stereocenters. The van der Waals surface area contributed by atoms with Crippen LogP contribution in [0.4, 0.5) is 5.69 Å². The van der Waals surface area contributed by atoms with Gasteiger partial charge in [-0.1, -0.05) is 24.3 Å². The minimum Gasteiger partial charge on any atom is -0.496 e.